The lowest BCUT2D eigenvalue weighted by Gasteiger charge is -2.33. The van der Waals surface area contributed by atoms with Crippen molar-refractivity contribution < 1.29 is 17.9 Å². The molecule has 9 heteroatoms. The van der Waals surface area contributed by atoms with Crippen LogP contribution in [0.25, 0.3) is 0 Å². The summed E-state index contributed by atoms with van der Waals surface area (Å²) in [6, 6.07) is 5.94. The summed E-state index contributed by atoms with van der Waals surface area (Å²) in [6.07, 6.45) is 1.71. The van der Waals surface area contributed by atoms with Crippen molar-refractivity contribution in [2.75, 3.05) is 39.9 Å². The van der Waals surface area contributed by atoms with Crippen LogP contribution in [0.4, 0.5) is 13.2 Å². The number of hydrogen-bond acceptors (Lipinski definition) is 3. The van der Waals surface area contributed by atoms with Crippen LogP contribution in [0.5, 0.6) is 0 Å². The third-order valence-corrected chi connectivity index (χ3v) is 5.61. The number of benzene rings is 1. The van der Waals surface area contributed by atoms with E-state index in [0.29, 0.717) is 24.8 Å². The molecule has 2 aliphatic heterocycles. The molecule has 1 aromatic carbocycles. The van der Waals surface area contributed by atoms with Crippen LogP contribution in [0.2, 0.25) is 0 Å². The van der Waals surface area contributed by atoms with Gasteiger partial charge in [-0.3, -0.25) is 9.89 Å². The summed E-state index contributed by atoms with van der Waals surface area (Å²) in [5.74, 6) is 0.805. The topological polar surface area (TPSA) is 48.9 Å². The number of piperidine rings is 1. The van der Waals surface area contributed by atoms with E-state index in [2.05, 4.69) is 26.6 Å². The summed E-state index contributed by atoms with van der Waals surface area (Å²) in [6.45, 7) is 4.58. The van der Waals surface area contributed by atoms with Gasteiger partial charge in [0.05, 0.1) is 18.8 Å². The smallest absolute Gasteiger partial charge is 0.377 e. The molecule has 0 amide bonds. The van der Waals surface area contributed by atoms with Gasteiger partial charge in [0.1, 0.15) is 0 Å². The van der Waals surface area contributed by atoms with Crippen molar-refractivity contribution in [3.63, 3.8) is 0 Å². The SMILES string of the molecule is CN=C(NCCC1=CCOCC1)NC1CCN(Cc2cccc(C(F)(F)F)c2)CC1.I. The van der Waals surface area contributed by atoms with Crippen molar-refractivity contribution in [2.45, 2.75) is 44.4 Å². The summed E-state index contributed by atoms with van der Waals surface area (Å²) < 4.78 is 44.0. The first-order chi connectivity index (χ1) is 14.4. The fraction of sp³-hybridized carbons (Fsp3) is 0.591. The summed E-state index contributed by atoms with van der Waals surface area (Å²) in [5, 5.41) is 6.85. The zero-order chi connectivity index (χ0) is 21.4. The number of halogens is 4. The number of nitrogens with one attached hydrogen (secondary N) is 2. The lowest BCUT2D eigenvalue weighted by Crippen LogP contribution is -2.48. The van der Waals surface area contributed by atoms with Crippen LogP contribution in [0, 0.1) is 0 Å². The number of likely N-dealkylation sites (tertiary alicyclic amines) is 1. The Morgan fingerprint density at radius 1 is 1.26 bits per heavy atom. The van der Waals surface area contributed by atoms with Gasteiger partial charge in [0.2, 0.25) is 0 Å². The van der Waals surface area contributed by atoms with Gasteiger partial charge in [-0.05, 0) is 37.3 Å². The normalized spacial score (nSPS) is 18.8. The third-order valence-electron chi connectivity index (χ3n) is 5.61. The van der Waals surface area contributed by atoms with Gasteiger partial charge >= 0.3 is 6.18 Å². The first-order valence-corrected chi connectivity index (χ1v) is 10.6. The molecule has 2 N–H and O–H groups in total. The van der Waals surface area contributed by atoms with Gasteiger partial charge in [-0.2, -0.15) is 13.2 Å². The van der Waals surface area contributed by atoms with Crippen molar-refractivity contribution in [2.24, 2.45) is 4.99 Å². The number of hydrogen-bond donors (Lipinski definition) is 2. The quantitative estimate of drug-likeness (QED) is 0.241. The maximum Gasteiger partial charge on any atom is 0.416 e. The fourth-order valence-corrected chi connectivity index (χ4v) is 3.86. The van der Waals surface area contributed by atoms with Crippen LogP contribution >= 0.6 is 24.0 Å². The second kappa shape index (κ2) is 12.6. The molecular formula is C22H32F3IN4O. The van der Waals surface area contributed by atoms with Crippen molar-refractivity contribution in [3.05, 3.63) is 47.0 Å². The van der Waals surface area contributed by atoms with E-state index in [1.807, 2.05) is 0 Å². The zero-order valence-electron chi connectivity index (χ0n) is 17.9. The Kier molecular flexibility index (Phi) is 10.6. The highest BCUT2D eigenvalue weighted by molar-refractivity contribution is 14.0. The lowest BCUT2D eigenvalue weighted by atomic mass is 10.0. The molecule has 2 aliphatic rings. The van der Waals surface area contributed by atoms with Gasteiger partial charge in [-0.25, -0.2) is 0 Å². The molecule has 0 spiro atoms. The molecule has 3 rings (SSSR count). The average molecular weight is 552 g/mol. The van der Waals surface area contributed by atoms with Crippen molar-refractivity contribution in [1.29, 1.82) is 0 Å². The van der Waals surface area contributed by atoms with Gasteiger partial charge in [-0.1, -0.05) is 29.8 Å². The minimum Gasteiger partial charge on any atom is -0.377 e. The maximum absolute atomic E-state index is 12.9. The van der Waals surface area contributed by atoms with E-state index in [1.54, 1.807) is 13.1 Å². The van der Waals surface area contributed by atoms with Crippen molar-refractivity contribution in [3.8, 4) is 0 Å². The van der Waals surface area contributed by atoms with Crippen molar-refractivity contribution >= 4 is 29.9 Å². The molecule has 0 aromatic heterocycles. The van der Waals surface area contributed by atoms with E-state index < -0.39 is 11.7 Å². The van der Waals surface area contributed by atoms with E-state index in [9.17, 15) is 13.2 Å². The highest BCUT2D eigenvalue weighted by atomic mass is 127. The van der Waals surface area contributed by atoms with Gasteiger partial charge in [0.15, 0.2) is 5.96 Å². The second-order valence-corrected chi connectivity index (χ2v) is 7.83. The molecule has 0 unspecified atom stereocenters. The van der Waals surface area contributed by atoms with E-state index in [0.717, 1.165) is 64.0 Å². The minimum atomic E-state index is -4.29. The van der Waals surface area contributed by atoms with Gasteiger partial charge in [0, 0.05) is 39.3 Å². The van der Waals surface area contributed by atoms with E-state index >= 15 is 0 Å². The molecule has 1 saturated heterocycles. The minimum absolute atomic E-state index is 0. The molecule has 1 aromatic rings. The number of rotatable bonds is 6. The number of aliphatic imine (C=N–C) groups is 1. The highest BCUT2D eigenvalue weighted by Crippen LogP contribution is 2.30. The standard InChI is InChI=1S/C22H31F3N4O.HI/c1-26-21(27-10-5-17-8-13-30-14-9-17)28-20-6-11-29(12-7-20)16-18-3-2-4-19(15-18)22(23,24)25;/h2-4,8,15,20H,5-7,9-14,16H2,1H3,(H2,26,27,28);1H. The molecule has 0 atom stereocenters. The van der Waals surface area contributed by atoms with E-state index in [4.69, 9.17) is 4.74 Å². The predicted molar refractivity (Wildman–Crippen MR) is 128 cm³/mol. The van der Waals surface area contributed by atoms with Crippen molar-refractivity contribution in [1.82, 2.24) is 15.5 Å². The molecule has 174 valence electrons. The number of ether oxygens (including phenoxy) is 1. The molecule has 5 nitrogen and oxygen atoms in total. The van der Waals surface area contributed by atoms with E-state index in [-0.39, 0.29) is 24.0 Å². The van der Waals surface area contributed by atoms with Gasteiger partial charge in [0.25, 0.3) is 0 Å². The molecule has 1 fully saturated rings. The Balaban J connectivity index is 0.00000341. The fourth-order valence-electron chi connectivity index (χ4n) is 3.86. The average Bonchev–Trinajstić information content (AvgIpc) is 2.75. The second-order valence-electron chi connectivity index (χ2n) is 7.83. The summed E-state index contributed by atoms with van der Waals surface area (Å²) in [7, 11) is 1.77. The molecule has 0 bridgehead atoms. The Hall–Kier alpha value is -1.33. The van der Waals surface area contributed by atoms with Crippen LogP contribution in [0.1, 0.15) is 36.8 Å². The first-order valence-electron chi connectivity index (χ1n) is 10.6. The molecule has 31 heavy (non-hydrogen) atoms. The molecule has 0 radical (unpaired) electrons. The predicted octanol–water partition coefficient (Wildman–Crippen LogP) is 4.19. The van der Waals surface area contributed by atoms with Crippen LogP contribution < -0.4 is 10.6 Å². The van der Waals surface area contributed by atoms with Crippen LogP contribution in [-0.4, -0.2) is 56.8 Å². The number of alkyl halides is 3. The molecule has 0 aliphatic carbocycles. The molecule has 2 heterocycles. The summed E-state index contributed by atoms with van der Waals surface area (Å²) in [4.78, 5) is 6.52. The van der Waals surface area contributed by atoms with E-state index in [1.165, 1.54) is 17.7 Å². The Bertz CT molecular complexity index is 747. The molecule has 0 saturated carbocycles. The summed E-state index contributed by atoms with van der Waals surface area (Å²) >= 11 is 0. The van der Waals surface area contributed by atoms with Gasteiger partial charge < -0.3 is 15.4 Å². The monoisotopic (exact) mass is 552 g/mol. The Morgan fingerprint density at radius 3 is 2.68 bits per heavy atom. The Morgan fingerprint density at radius 2 is 2.03 bits per heavy atom. The maximum atomic E-state index is 12.9. The molecular weight excluding hydrogens is 520 g/mol. The van der Waals surface area contributed by atoms with Crippen LogP contribution in [-0.2, 0) is 17.5 Å². The number of guanidine groups is 1. The lowest BCUT2D eigenvalue weighted by molar-refractivity contribution is -0.137. The van der Waals surface area contributed by atoms with Crippen LogP contribution in [0.15, 0.2) is 40.9 Å². The third kappa shape index (κ3) is 8.61. The highest BCUT2D eigenvalue weighted by Gasteiger charge is 2.30. The Labute approximate surface area is 199 Å². The summed E-state index contributed by atoms with van der Waals surface area (Å²) in [5.41, 5.74) is 1.55. The number of nitrogens with zero attached hydrogens (tertiary/aromatic N) is 2. The van der Waals surface area contributed by atoms with Gasteiger partial charge in [-0.15, -0.1) is 24.0 Å². The van der Waals surface area contributed by atoms with Crippen LogP contribution in [0.3, 0.4) is 0 Å². The first kappa shape index (κ1) is 25.9. The largest absolute Gasteiger partial charge is 0.416 e. The zero-order valence-corrected chi connectivity index (χ0v) is 20.2.